The molecule has 0 aromatic rings. The van der Waals surface area contributed by atoms with Gasteiger partial charge in [0.15, 0.2) is 5.78 Å². The van der Waals surface area contributed by atoms with E-state index >= 15 is 0 Å². The lowest BCUT2D eigenvalue weighted by atomic mass is 10.0. The third kappa shape index (κ3) is 4.66. The molecule has 0 spiro atoms. The van der Waals surface area contributed by atoms with Crippen molar-refractivity contribution in [3.05, 3.63) is 11.6 Å². The Bertz CT molecular complexity index is 214. The van der Waals surface area contributed by atoms with Crippen LogP contribution in [0.3, 0.4) is 0 Å². The van der Waals surface area contributed by atoms with Gasteiger partial charge in [0.1, 0.15) is 0 Å². The van der Waals surface area contributed by atoms with E-state index in [1.807, 2.05) is 13.8 Å². The molecule has 0 aromatic carbocycles. The summed E-state index contributed by atoms with van der Waals surface area (Å²) in [6.07, 6.45) is 1.52. The highest BCUT2D eigenvalue weighted by Crippen LogP contribution is 2.07. The van der Waals surface area contributed by atoms with Gasteiger partial charge in [-0.05, 0) is 12.8 Å². The van der Waals surface area contributed by atoms with E-state index in [9.17, 15) is 9.59 Å². The number of ketones is 1. The number of carboxylic acid groups (broad SMARTS) is 1. The van der Waals surface area contributed by atoms with Crippen LogP contribution >= 0.6 is 0 Å². The summed E-state index contributed by atoms with van der Waals surface area (Å²) in [7, 11) is 0. The molecule has 0 atom stereocenters. The van der Waals surface area contributed by atoms with E-state index in [4.69, 9.17) is 5.11 Å². The third-order valence-corrected chi connectivity index (χ3v) is 1.33. The van der Waals surface area contributed by atoms with Gasteiger partial charge in [0.2, 0.25) is 0 Å². The molecule has 0 saturated heterocycles. The van der Waals surface area contributed by atoms with Gasteiger partial charge in [0, 0.05) is 5.57 Å². The van der Waals surface area contributed by atoms with Crippen LogP contribution in [0, 0.1) is 5.92 Å². The molecule has 0 unspecified atom stereocenters. The molecule has 3 heteroatoms. The smallest absolute Gasteiger partial charge is 0.307 e. The molecular formula is C9H14O3. The second kappa shape index (κ2) is 4.70. The molecule has 0 heterocycles. The number of hydrogen-bond donors (Lipinski definition) is 1. The van der Waals surface area contributed by atoms with E-state index < -0.39 is 5.97 Å². The lowest BCUT2D eigenvalue weighted by Crippen LogP contribution is -2.05. The Morgan fingerprint density at radius 1 is 1.42 bits per heavy atom. The number of allylic oxidation sites excluding steroid dienone is 1. The molecule has 0 aliphatic carbocycles. The van der Waals surface area contributed by atoms with Gasteiger partial charge in [-0.3, -0.25) is 9.59 Å². The summed E-state index contributed by atoms with van der Waals surface area (Å²) in [5, 5.41) is 8.45. The monoisotopic (exact) mass is 170 g/mol. The fourth-order valence-corrected chi connectivity index (χ4v) is 0.866. The number of carbonyl (C=O) groups excluding carboxylic acids is 1. The lowest BCUT2D eigenvalue weighted by molar-refractivity contribution is -0.136. The van der Waals surface area contributed by atoms with Gasteiger partial charge >= 0.3 is 5.97 Å². The molecule has 0 amide bonds. The molecule has 0 fully saturated rings. The van der Waals surface area contributed by atoms with Gasteiger partial charge in [0.25, 0.3) is 0 Å². The number of aliphatic carboxylic acids is 1. The number of Topliss-reactive ketones (excluding diaryl/α,β-unsaturated/α-hetero) is 1. The molecule has 1 N–H and O–H groups in total. The molecule has 0 rings (SSSR count). The minimum absolute atomic E-state index is 0.161. The number of hydrogen-bond acceptors (Lipinski definition) is 2. The standard InChI is InChI=1S/C9H14O3/c1-6(2)4-8(7(3)10)5-9(11)12/h4,6H,5H2,1-3H3,(H,11,12)/b8-4+. The molecule has 0 aromatic heterocycles. The van der Waals surface area contributed by atoms with Crippen LogP contribution < -0.4 is 0 Å². The van der Waals surface area contributed by atoms with Crippen molar-refractivity contribution in [2.24, 2.45) is 5.92 Å². The van der Waals surface area contributed by atoms with Crippen molar-refractivity contribution in [1.82, 2.24) is 0 Å². The van der Waals surface area contributed by atoms with Gasteiger partial charge in [-0.15, -0.1) is 0 Å². The van der Waals surface area contributed by atoms with Crippen LogP contribution in [0.2, 0.25) is 0 Å². The second-order valence-electron chi connectivity index (χ2n) is 3.06. The van der Waals surface area contributed by atoms with E-state index in [2.05, 4.69) is 0 Å². The van der Waals surface area contributed by atoms with E-state index in [0.29, 0.717) is 5.57 Å². The molecule has 0 radical (unpaired) electrons. The summed E-state index contributed by atoms with van der Waals surface area (Å²) < 4.78 is 0. The summed E-state index contributed by atoms with van der Waals surface area (Å²) in [6, 6.07) is 0. The predicted octanol–water partition coefficient (Wildman–Crippen LogP) is 1.63. The Kier molecular flexibility index (Phi) is 4.26. The van der Waals surface area contributed by atoms with Crippen LogP contribution in [-0.2, 0) is 9.59 Å². The lowest BCUT2D eigenvalue weighted by Gasteiger charge is -2.01. The molecule has 0 aliphatic rings. The van der Waals surface area contributed by atoms with E-state index in [-0.39, 0.29) is 18.1 Å². The molecule has 0 aliphatic heterocycles. The zero-order valence-electron chi connectivity index (χ0n) is 7.63. The maximum Gasteiger partial charge on any atom is 0.307 e. The Hall–Kier alpha value is -1.12. The molecule has 3 nitrogen and oxygen atoms in total. The largest absolute Gasteiger partial charge is 0.481 e. The maximum atomic E-state index is 10.9. The Balaban J connectivity index is 4.44. The quantitative estimate of drug-likeness (QED) is 0.652. The average molecular weight is 170 g/mol. The first-order valence-electron chi connectivity index (χ1n) is 3.87. The summed E-state index contributed by atoms with van der Waals surface area (Å²) in [5.41, 5.74) is 0.387. The Morgan fingerprint density at radius 3 is 2.17 bits per heavy atom. The number of carboxylic acids is 1. The normalized spacial score (nSPS) is 11.8. The van der Waals surface area contributed by atoms with Crippen LogP contribution in [0.5, 0.6) is 0 Å². The second-order valence-corrected chi connectivity index (χ2v) is 3.06. The number of rotatable bonds is 4. The highest BCUT2D eigenvalue weighted by molar-refractivity contribution is 5.97. The fraction of sp³-hybridized carbons (Fsp3) is 0.556. The van der Waals surface area contributed by atoms with Crippen LogP contribution in [0.4, 0.5) is 0 Å². The minimum atomic E-state index is -0.961. The van der Waals surface area contributed by atoms with Gasteiger partial charge in [0.05, 0.1) is 6.42 Å². The summed E-state index contributed by atoms with van der Waals surface area (Å²) in [4.78, 5) is 21.2. The zero-order valence-corrected chi connectivity index (χ0v) is 7.63. The third-order valence-electron chi connectivity index (χ3n) is 1.33. The fourth-order valence-electron chi connectivity index (χ4n) is 0.866. The van der Waals surface area contributed by atoms with Gasteiger partial charge in [-0.1, -0.05) is 19.9 Å². The van der Waals surface area contributed by atoms with Gasteiger partial charge < -0.3 is 5.11 Å². The van der Waals surface area contributed by atoms with Crippen LogP contribution in [0.25, 0.3) is 0 Å². The molecule has 68 valence electrons. The van der Waals surface area contributed by atoms with E-state index in [1.165, 1.54) is 6.92 Å². The van der Waals surface area contributed by atoms with E-state index in [1.54, 1.807) is 6.08 Å². The molecular weight excluding hydrogens is 156 g/mol. The highest BCUT2D eigenvalue weighted by atomic mass is 16.4. The first-order valence-corrected chi connectivity index (χ1v) is 3.87. The van der Waals surface area contributed by atoms with Gasteiger partial charge in [-0.25, -0.2) is 0 Å². The SMILES string of the molecule is CC(=O)/C(=C/C(C)C)CC(=O)O. The molecule has 0 saturated carbocycles. The first-order chi connectivity index (χ1) is 5.43. The van der Waals surface area contributed by atoms with Crippen LogP contribution in [-0.4, -0.2) is 16.9 Å². The van der Waals surface area contributed by atoms with Crippen molar-refractivity contribution in [3.63, 3.8) is 0 Å². The Labute approximate surface area is 72.1 Å². The molecule has 0 bridgehead atoms. The van der Waals surface area contributed by atoms with Crippen LogP contribution in [0.15, 0.2) is 11.6 Å². The average Bonchev–Trinajstić information content (AvgIpc) is 1.83. The van der Waals surface area contributed by atoms with E-state index in [0.717, 1.165) is 0 Å². The first kappa shape index (κ1) is 10.9. The summed E-state index contributed by atoms with van der Waals surface area (Å²) in [6.45, 7) is 5.20. The topological polar surface area (TPSA) is 54.4 Å². The number of carbonyl (C=O) groups is 2. The minimum Gasteiger partial charge on any atom is -0.481 e. The summed E-state index contributed by atoms with van der Waals surface area (Å²) >= 11 is 0. The Morgan fingerprint density at radius 2 is 1.92 bits per heavy atom. The van der Waals surface area contributed by atoms with Crippen molar-refractivity contribution >= 4 is 11.8 Å². The van der Waals surface area contributed by atoms with Gasteiger partial charge in [-0.2, -0.15) is 0 Å². The maximum absolute atomic E-state index is 10.9. The zero-order chi connectivity index (χ0) is 9.72. The van der Waals surface area contributed by atoms with Crippen molar-refractivity contribution in [3.8, 4) is 0 Å². The van der Waals surface area contributed by atoms with Crippen molar-refractivity contribution < 1.29 is 14.7 Å². The predicted molar refractivity (Wildman–Crippen MR) is 45.9 cm³/mol. The van der Waals surface area contributed by atoms with Crippen LogP contribution in [0.1, 0.15) is 27.2 Å². The molecule has 12 heavy (non-hydrogen) atoms. The van der Waals surface area contributed by atoms with Crippen molar-refractivity contribution in [1.29, 1.82) is 0 Å². The summed E-state index contributed by atoms with van der Waals surface area (Å²) in [5.74, 6) is -0.911. The van der Waals surface area contributed by atoms with Crippen molar-refractivity contribution in [2.75, 3.05) is 0 Å². The highest BCUT2D eigenvalue weighted by Gasteiger charge is 2.08. The van der Waals surface area contributed by atoms with Crippen molar-refractivity contribution in [2.45, 2.75) is 27.2 Å².